The molecule has 19 heavy (non-hydrogen) atoms. The maximum atomic E-state index is 11.9. The van der Waals surface area contributed by atoms with Crippen LogP contribution in [0.2, 0.25) is 0 Å². The maximum Gasteiger partial charge on any atom is 0.330 e. The second-order valence-electron chi connectivity index (χ2n) is 4.32. The molecule has 0 unspecified atom stereocenters. The Morgan fingerprint density at radius 2 is 1.95 bits per heavy atom. The van der Waals surface area contributed by atoms with Crippen LogP contribution in [0.3, 0.4) is 0 Å². The topological polar surface area (TPSA) is 72.5 Å². The van der Waals surface area contributed by atoms with Gasteiger partial charge in [0.1, 0.15) is 0 Å². The first-order chi connectivity index (χ1) is 9.01. The summed E-state index contributed by atoms with van der Waals surface area (Å²) in [5, 5.41) is 0. The van der Waals surface area contributed by atoms with E-state index >= 15 is 0 Å². The van der Waals surface area contributed by atoms with Gasteiger partial charge in [-0.05, 0) is 36.6 Å². The fraction of sp³-hybridized carbons (Fsp3) is 0.308. The van der Waals surface area contributed by atoms with Gasteiger partial charge in [-0.15, -0.1) is 0 Å². The lowest BCUT2D eigenvalue weighted by Gasteiger charge is -2.05. The third-order valence-corrected chi connectivity index (χ3v) is 4.24. The molecule has 0 atom stereocenters. The van der Waals surface area contributed by atoms with Gasteiger partial charge in [-0.2, -0.15) is 0 Å². The number of rotatable bonds is 5. The number of hydrogen-bond donors (Lipinski definition) is 1. The van der Waals surface area contributed by atoms with Gasteiger partial charge in [0, 0.05) is 12.1 Å². The zero-order valence-corrected chi connectivity index (χ0v) is 11.3. The lowest BCUT2D eigenvalue weighted by Crippen LogP contribution is -2.25. The van der Waals surface area contributed by atoms with Crippen LogP contribution in [0.5, 0.6) is 0 Å². The van der Waals surface area contributed by atoms with Gasteiger partial charge in [-0.25, -0.2) is 17.9 Å². The highest BCUT2D eigenvalue weighted by Crippen LogP contribution is 2.22. The van der Waals surface area contributed by atoms with E-state index < -0.39 is 16.0 Å². The predicted octanol–water partition coefficient (Wildman–Crippen LogP) is 1.31. The van der Waals surface area contributed by atoms with E-state index in [1.165, 1.54) is 25.3 Å². The quantitative estimate of drug-likeness (QED) is 0.652. The number of esters is 1. The number of nitrogens with one attached hydrogen (secondary N) is 1. The van der Waals surface area contributed by atoms with Gasteiger partial charge < -0.3 is 4.74 Å². The van der Waals surface area contributed by atoms with Crippen LogP contribution >= 0.6 is 0 Å². The molecule has 1 aliphatic rings. The van der Waals surface area contributed by atoms with Crippen LogP contribution in [-0.2, 0) is 19.6 Å². The average Bonchev–Trinajstić information content (AvgIpc) is 3.19. The Labute approximate surface area is 112 Å². The van der Waals surface area contributed by atoms with Crippen molar-refractivity contribution in [1.82, 2.24) is 4.72 Å². The number of benzene rings is 1. The Hall–Kier alpha value is -1.66. The van der Waals surface area contributed by atoms with E-state index in [0.29, 0.717) is 0 Å². The van der Waals surface area contributed by atoms with Crippen LogP contribution in [0.15, 0.2) is 35.2 Å². The van der Waals surface area contributed by atoms with Gasteiger partial charge in [0.25, 0.3) is 0 Å². The molecule has 0 heterocycles. The highest BCUT2D eigenvalue weighted by atomic mass is 32.2. The summed E-state index contributed by atoms with van der Waals surface area (Å²) in [4.78, 5) is 11.2. The number of sulfonamides is 1. The highest BCUT2D eigenvalue weighted by Gasteiger charge is 2.27. The molecule has 1 aliphatic carbocycles. The molecule has 0 aliphatic heterocycles. The van der Waals surface area contributed by atoms with E-state index in [2.05, 4.69) is 9.46 Å². The molecule has 0 amide bonds. The molecule has 1 aromatic rings. The molecule has 1 N–H and O–H groups in total. The summed E-state index contributed by atoms with van der Waals surface area (Å²) >= 11 is 0. The highest BCUT2D eigenvalue weighted by molar-refractivity contribution is 7.89. The Bertz CT molecular complexity index is 586. The lowest BCUT2D eigenvalue weighted by molar-refractivity contribution is -0.134. The van der Waals surface area contributed by atoms with Crippen molar-refractivity contribution in [1.29, 1.82) is 0 Å². The first-order valence-electron chi connectivity index (χ1n) is 5.90. The van der Waals surface area contributed by atoms with Gasteiger partial charge in [0.05, 0.1) is 12.0 Å². The molecule has 1 aromatic carbocycles. The SMILES string of the molecule is COC(=O)C=Cc1ccc(S(=O)(=O)NC2CC2)cc1. The molecule has 0 bridgehead atoms. The van der Waals surface area contributed by atoms with Crippen molar-refractivity contribution < 1.29 is 17.9 Å². The van der Waals surface area contributed by atoms with E-state index in [1.807, 2.05) is 0 Å². The minimum absolute atomic E-state index is 0.0869. The summed E-state index contributed by atoms with van der Waals surface area (Å²) in [6.07, 6.45) is 4.65. The van der Waals surface area contributed by atoms with Crippen molar-refractivity contribution in [3.63, 3.8) is 0 Å². The molecule has 0 aromatic heterocycles. The summed E-state index contributed by atoms with van der Waals surface area (Å²) < 4.78 is 30.9. The molecule has 1 saturated carbocycles. The van der Waals surface area contributed by atoms with Crippen molar-refractivity contribution in [2.75, 3.05) is 7.11 Å². The summed E-state index contributed by atoms with van der Waals surface area (Å²) in [5.74, 6) is -0.452. The van der Waals surface area contributed by atoms with E-state index in [0.717, 1.165) is 18.4 Å². The van der Waals surface area contributed by atoms with Crippen LogP contribution in [0.25, 0.3) is 6.08 Å². The molecular weight excluding hydrogens is 266 g/mol. The molecule has 0 saturated heterocycles. The molecule has 102 valence electrons. The molecule has 0 radical (unpaired) electrons. The van der Waals surface area contributed by atoms with Gasteiger partial charge in [0.15, 0.2) is 0 Å². The van der Waals surface area contributed by atoms with Crippen molar-refractivity contribution in [2.24, 2.45) is 0 Å². The standard InChI is InChI=1S/C13H15NO4S/c1-18-13(15)9-4-10-2-7-12(8-3-10)19(16,17)14-11-5-6-11/h2-4,7-9,11,14H,5-6H2,1H3. The third kappa shape index (κ3) is 3.90. The number of carbonyl (C=O) groups is 1. The number of hydrogen-bond acceptors (Lipinski definition) is 4. The second kappa shape index (κ2) is 5.54. The van der Waals surface area contributed by atoms with E-state index in [4.69, 9.17) is 0 Å². The Morgan fingerprint density at radius 1 is 1.32 bits per heavy atom. The average molecular weight is 281 g/mol. The Kier molecular flexibility index (Phi) is 4.01. The molecule has 1 fully saturated rings. The molecule has 6 heteroatoms. The van der Waals surface area contributed by atoms with Crippen molar-refractivity contribution in [3.05, 3.63) is 35.9 Å². The number of carbonyl (C=O) groups excluding carboxylic acids is 1. The summed E-state index contributed by atoms with van der Waals surface area (Å²) in [6.45, 7) is 0. The first-order valence-corrected chi connectivity index (χ1v) is 7.38. The van der Waals surface area contributed by atoms with Crippen LogP contribution < -0.4 is 4.72 Å². The van der Waals surface area contributed by atoms with E-state index in [-0.39, 0.29) is 10.9 Å². The van der Waals surface area contributed by atoms with E-state index in [9.17, 15) is 13.2 Å². The van der Waals surface area contributed by atoms with Gasteiger partial charge in [0.2, 0.25) is 10.0 Å². The normalized spacial score (nSPS) is 15.6. The van der Waals surface area contributed by atoms with Crippen molar-refractivity contribution in [2.45, 2.75) is 23.8 Å². The smallest absolute Gasteiger partial charge is 0.330 e. The molecule has 0 spiro atoms. The van der Waals surface area contributed by atoms with Crippen LogP contribution in [0, 0.1) is 0 Å². The Balaban J connectivity index is 2.09. The molecule has 5 nitrogen and oxygen atoms in total. The largest absolute Gasteiger partial charge is 0.466 e. The fourth-order valence-electron chi connectivity index (χ4n) is 1.48. The zero-order chi connectivity index (χ0) is 13.9. The zero-order valence-electron chi connectivity index (χ0n) is 10.5. The fourth-order valence-corrected chi connectivity index (χ4v) is 2.78. The Morgan fingerprint density at radius 3 is 2.47 bits per heavy atom. The first kappa shape index (κ1) is 13.8. The van der Waals surface area contributed by atoms with Crippen molar-refractivity contribution in [3.8, 4) is 0 Å². The van der Waals surface area contributed by atoms with Crippen molar-refractivity contribution >= 4 is 22.1 Å². The summed E-state index contributed by atoms with van der Waals surface area (Å²) in [5.41, 5.74) is 0.732. The predicted molar refractivity (Wildman–Crippen MR) is 70.8 cm³/mol. The minimum atomic E-state index is -3.42. The molecular formula is C13H15NO4S. The van der Waals surface area contributed by atoms with E-state index in [1.54, 1.807) is 18.2 Å². The third-order valence-electron chi connectivity index (χ3n) is 2.70. The summed E-state index contributed by atoms with van der Waals surface area (Å²) in [7, 11) is -2.12. The second-order valence-corrected chi connectivity index (χ2v) is 6.04. The molecule has 2 rings (SSSR count). The van der Waals surface area contributed by atoms with Gasteiger partial charge >= 0.3 is 5.97 Å². The van der Waals surface area contributed by atoms with Crippen LogP contribution in [0.4, 0.5) is 0 Å². The summed E-state index contributed by atoms with van der Waals surface area (Å²) in [6, 6.07) is 6.40. The van der Waals surface area contributed by atoms with Gasteiger partial charge in [-0.1, -0.05) is 12.1 Å². The van der Waals surface area contributed by atoms with Gasteiger partial charge in [-0.3, -0.25) is 0 Å². The van der Waals surface area contributed by atoms with Crippen LogP contribution in [-0.4, -0.2) is 27.5 Å². The maximum absolute atomic E-state index is 11.9. The minimum Gasteiger partial charge on any atom is -0.466 e. The lowest BCUT2D eigenvalue weighted by atomic mass is 10.2. The monoisotopic (exact) mass is 281 g/mol. The number of ether oxygens (including phenoxy) is 1. The van der Waals surface area contributed by atoms with Crippen LogP contribution in [0.1, 0.15) is 18.4 Å². The number of methoxy groups -OCH3 is 1.